The molecule has 1 amide bonds. The zero-order chi connectivity index (χ0) is 26.6. The third-order valence-electron chi connectivity index (χ3n) is 5.60. The van der Waals surface area contributed by atoms with Crippen LogP contribution in [0.15, 0.2) is 71.7 Å². The summed E-state index contributed by atoms with van der Waals surface area (Å²) in [5, 5.41) is 6.83. The average Bonchev–Trinajstić information content (AvgIpc) is 3.31. The van der Waals surface area contributed by atoms with E-state index < -0.39 is 23.5 Å². The predicted octanol–water partition coefficient (Wildman–Crippen LogP) is 5.59. The minimum absolute atomic E-state index is 0.0248. The van der Waals surface area contributed by atoms with Gasteiger partial charge in [0.1, 0.15) is 5.82 Å². The van der Waals surface area contributed by atoms with Crippen molar-refractivity contribution in [1.82, 2.24) is 21.5 Å². The summed E-state index contributed by atoms with van der Waals surface area (Å²) in [5.41, 5.74) is 6.82. The molecule has 2 atom stereocenters. The summed E-state index contributed by atoms with van der Waals surface area (Å²) >= 11 is 12.2. The van der Waals surface area contributed by atoms with Gasteiger partial charge in [-0.25, -0.2) is 15.2 Å². The highest BCUT2D eigenvalue weighted by Crippen LogP contribution is 2.29. The summed E-state index contributed by atoms with van der Waals surface area (Å²) in [6.07, 6.45) is -4.35. The Kier molecular flexibility index (Phi) is 8.33. The molecule has 0 aromatic heterocycles. The fourth-order valence-electron chi connectivity index (χ4n) is 3.69. The van der Waals surface area contributed by atoms with E-state index in [1.54, 1.807) is 6.07 Å². The van der Waals surface area contributed by atoms with Crippen LogP contribution in [-0.2, 0) is 12.7 Å². The lowest BCUT2D eigenvalue weighted by Gasteiger charge is -2.17. The number of guanidine groups is 1. The van der Waals surface area contributed by atoms with Gasteiger partial charge in [-0.15, -0.1) is 0 Å². The number of benzene rings is 3. The van der Waals surface area contributed by atoms with E-state index in [9.17, 15) is 22.4 Å². The van der Waals surface area contributed by atoms with Gasteiger partial charge in [0, 0.05) is 34.6 Å². The van der Waals surface area contributed by atoms with Crippen molar-refractivity contribution in [3.63, 3.8) is 0 Å². The molecular weight excluding hydrogens is 533 g/mol. The standard InChI is InChI=1S/C25H21Cl2F4N5O/c26-18-3-1-2-15(10-18)21-12-22(36-35-21)33-24(32-13-16-6-9-19(28)11-20(16)27)34-23(37)14-4-7-17(8-5-14)25(29,30)31/h1-11,21-22,35-36H,12-13H2,(H2,32,33,34,37). The maximum absolute atomic E-state index is 13.4. The molecule has 6 nitrogen and oxygen atoms in total. The number of amides is 1. The van der Waals surface area contributed by atoms with E-state index in [0.717, 1.165) is 35.9 Å². The van der Waals surface area contributed by atoms with Crippen LogP contribution in [0.5, 0.6) is 0 Å². The number of hydrazine groups is 1. The third kappa shape index (κ3) is 7.20. The molecule has 0 saturated carbocycles. The van der Waals surface area contributed by atoms with Crippen molar-refractivity contribution in [2.45, 2.75) is 31.3 Å². The molecule has 1 aliphatic heterocycles. The van der Waals surface area contributed by atoms with Gasteiger partial charge < -0.3 is 10.6 Å². The Morgan fingerprint density at radius 3 is 2.46 bits per heavy atom. The quantitative estimate of drug-likeness (QED) is 0.188. The van der Waals surface area contributed by atoms with Crippen LogP contribution in [-0.4, -0.2) is 18.0 Å². The fraction of sp³-hybridized carbons (Fsp3) is 0.200. The summed E-state index contributed by atoms with van der Waals surface area (Å²) in [6.45, 7) is 0.100. The number of carbonyl (C=O) groups excluding carboxylic acids is 1. The second-order valence-electron chi connectivity index (χ2n) is 8.26. The van der Waals surface area contributed by atoms with Gasteiger partial charge in [0.2, 0.25) is 5.96 Å². The zero-order valence-corrected chi connectivity index (χ0v) is 20.6. The Bertz CT molecular complexity index is 1300. The number of aliphatic imine (C=N–C) groups is 1. The van der Waals surface area contributed by atoms with Crippen LogP contribution < -0.4 is 21.5 Å². The Balaban J connectivity index is 1.51. The molecule has 4 N–H and O–H groups in total. The highest BCUT2D eigenvalue weighted by molar-refractivity contribution is 6.31. The van der Waals surface area contributed by atoms with Crippen molar-refractivity contribution >= 4 is 35.1 Å². The van der Waals surface area contributed by atoms with E-state index in [0.29, 0.717) is 17.0 Å². The highest BCUT2D eigenvalue weighted by Gasteiger charge is 2.30. The molecular formula is C25H21Cl2F4N5O. The van der Waals surface area contributed by atoms with E-state index >= 15 is 0 Å². The molecule has 2 unspecified atom stereocenters. The minimum atomic E-state index is -4.52. The monoisotopic (exact) mass is 553 g/mol. The van der Waals surface area contributed by atoms with Crippen molar-refractivity contribution in [2.75, 3.05) is 0 Å². The van der Waals surface area contributed by atoms with Crippen LogP contribution in [0.3, 0.4) is 0 Å². The molecule has 0 bridgehead atoms. The topological polar surface area (TPSA) is 77.5 Å². The van der Waals surface area contributed by atoms with Gasteiger partial charge in [-0.05, 0) is 59.7 Å². The smallest absolute Gasteiger partial charge is 0.352 e. The van der Waals surface area contributed by atoms with E-state index in [4.69, 9.17) is 23.2 Å². The lowest BCUT2D eigenvalue weighted by molar-refractivity contribution is -0.137. The predicted molar refractivity (Wildman–Crippen MR) is 133 cm³/mol. The first-order chi connectivity index (χ1) is 17.6. The van der Waals surface area contributed by atoms with Gasteiger partial charge in [-0.2, -0.15) is 18.2 Å². The van der Waals surface area contributed by atoms with Crippen LogP contribution in [0.25, 0.3) is 0 Å². The fourth-order valence-corrected chi connectivity index (χ4v) is 4.13. The SMILES string of the molecule is O=C(/N=C(/NCc1ccc(F)cc1Cl)NC1CC(c2cccc(Cl)c2)NN1)c1ccc(C(F)(F)F)cc1. The molecule has 3 aromatic rings. The first-order valence-electron chi connectivity index (χ1n) is 11.1. The summed E-state index contributed by atoms with van der Waals surface area (Å²) in [6, 6.07) is 14.9. The first kappa shape index (κ1) is 26.9. The van der Waals surface area contributed by atoms with Gasteiger partial charge in [-0.1, -0.05) is 41.4 Å². The molecule has 37 heavy (non-hydrogen) atoms. The summed E-state index contributed by atoms with van der Waals surface area (Å²) < 4.78 is 52.0. The molecule has 194 valence electrons. The van der Waals surface area contributed by atoms with Crippen molar-refractivity contribution in [3.8, 4) is 0 Å². The number of halogens is 6. The molecule has 0 radical (unpaired) electrons. The molecule has 12 heteroatoms. The van der Waals surface area contributed by atoms with E-state index in [1.807, 2.05) is 18.2 Å². The molecule has 1 aliphatic rings. The first-order valence-corrected chi connectivity index (χ1v) is 11.9. The zero-order valence-electron chi connectivity index (χ0n) is 19.0. The summed E-state index contributed by atoms with van der Waals surface area (Å²) in [7, 11) is 0. The number of rotatable bonds is 5. The number of hydrogen-bond acceptors (Lipinski definition) is 3. The van der Waals surface area contributed by atoms with Crippen molar-refractivity contribution in [1.29, 1.82) is 0 Å². The number of nitrogens with zero attached hydrogens (tertiary/aromatic N) is 1. The number of nitrogens with one attached hydrogen (secondary N) is 4. The second kappa shape index (κ2) is 11.5. The number of carbonyl (C=O) groups is 1. The lowest BCUT2D eigenvalue weighted by atomic mass is 10.0. The minimum Gasteiger partial charge on any atom is -0.352 e. The molecule has 1 saturated heterocycles. The van der Waals surface area contributed by atoms with E-state index in [-0.39, 0.29) is 35.3 Å². The van der Waals surface area contributed by atoms with Crippen molar-refractivity contribution in [2.24, 2.45) is 4.99 Å². The molecule has 1 fully saturated rings. The highest BCUT2D eigenvalue weighted by atomic mass is 35.5. The summed E-state index contributed by atoms with van der Waals surface area (Å²) in [4.78, 5) is 16.8. The molecule has 0 spiro atoms. The Labute approximate surface area is 220 Å². The third-order valence-corrected chi connectivity index (χ3v) is 6.19. The lowest BCUT2D eigenvalue weighted by Crippen LogP contribution is -2.49. The number of hydrogen-bond donors (Lipinski definition) is 4. The second-order valence-corrected chi connectivity index (χ2v) is 9.10. The van der Waals surface area contributed by atoms with E-state index in [2.05, 4.69) is 26.5 Å². The van der Waals surface area contributed by atoms with Crippen molar-refractivity contribution < 1.29 is 22.4 Å². The van der Waals surface area contributed by atoms with Gasteiger partial charge in [0.25, 0.3) is 5.91 Å². The summed E-state index contributed by atoms with van der Waals surface area (Å²) in [5.74, 6) is -1.20. The maximum Gasteiger partial charge on any atom is 0.416 e. The Morgan fingerprint density at radius 2 is 1.78 bits per heavy atom. The normalized spacial score (nSPS) is 18.1. The van der Waals surface area contributed by atoms with Crippen LogP contribution in [0.2, 0.25) is 10.0 Å². The average molecular weight is 554 g/mol. The van der Waals surface area contributed by atoms with Crippen LogP contribution in [0, 0.1) is 5.82 Å². The van der Waals surface area contributed by atoms with Crippen LogP contribution in [0.4, 0.5) is 17.6 Å². The van der Waals surface area contributed by atoms with E-state index in [1.165, 1.54) is 12.1 Å². The molecule has 1 heterocycles. The molecule has 4 rings (SSSR count). The largest absolute Gasteiger partial charge is 0.416 e. The van der Waals surface area contributed by atoms with Gasteiger partial charge in [0.05, 0.1) is 11.7 Å². The van der Waals surface area contributed by atoms with Crippen molar-refractivity contribution in [3.05, 3.63) is 105 Å². The maximum atomic E-state index is 13.4. The Hall–Kier alpha value is -3.18. The van der Waals surface area contributed by atoms with Gasteiger partial charge in [-0.3, -0.25) is 4.79 Å². The molecule has 3 aromatic carbocycles. The molecule has 0 aliphatic carbocycles. The number of alkyl halides is 3. The van der Waals surface area contributed by atoms with Crippen LogP contribution in [0.1, 0.15) is 39.5 Å². The van der Waals surface area contributed by atoms with Gasteiger partial charge in [0.15, 0.2) is 0 Å². The Morgan fingerprint density at radius 1 is 1.03 bits per heavy atom. The van der Waals surface area contributed by atoms with Crippen LogP contribution >= 0.6 is 23.2 Å². The van der Waals surface area contributed by atoms with Gasteiger partial charge >= 0.3 is 6.18 Å².